The highest BCUT2D eigenvalue weighted by molar-refractivity contribution is 9.10. The first kappa shape index (κ1) is 15.3. The van der Waals surface area contributed by atoms with E-state index in [2.05, 4.69) is 21.2 Å². The lowest BCUT2D eigenvalue weighted by Crippen LogP contribution is -2.26. The molecule has 0 saturated carbocycles. The topological polar surface area (TPSA) is 62.6 Å². The molecule has 0 saturated heterocycles. The van der Waals surface area contributed by atoms with E-state index >= 15 is 0 Å². The number of halogens is 1. The molecule has 6 heteroatoms. The van der Waals surface area contributed by atoms with Gasteiger partial charge in [0.25, 0.3) is 11.8 Å². The highest BCUT2D eigenvalue weighted by atomic mass is 79.9. The highest BCUT2D eigenvalue weighted by Crippen LogP contribution is 2.19. The second-order valence-electron chi connectivity index (χ2n) is 4.55. The van der Waals surface area contributed by atoms with Gasteiger partial charge in [-0.25, -0.2) is 0 Å². The lowest BCUT2D eigenvalue weighted by molar-refractivity contribution is 0.0782. The van der Waals surface area contributed by atoms with E-state index in [0.717, 1.165) is 5.56 Å². The molecule has 1 heterocycles. The number of hydrogen-bond acceptors (Lipinski definition) is 3. The summed E-state index contributed by atoms with van der Waals surface area (Å²) in [6, 6.07) is 8.76. The van der Waals surface area contributed by atoms with Gasteiger partial charge >= 0.3 is 0 Å². The third-order valence-corrected chi connectivity index (χ3v) is 3.67. The average Bonchev–Trinajstić information content (AvgIpc) is 2.92. The van der Waals surface area contributed by atoms with Gasteiger partial charge < -0.3 is 14.6 Å². The standard InChI is InChI=1S/C15H15BrN2O3/c1-17-14(19)11-5-3-10(4-6-11)9-18(2)15(20)12-7-8-21-13(12)16/h3-8H,9H2,1-2H3,(H,17,19). The first-order valence-corrected chi connectivity index (χ1v) is 7.11. The summed E-state index contributed by atoms with van der Waals surface area (Å²) in [4.78, 5) is 25.3. The van der Waals surface area contributed by atoms with Crippen LogP contribution in [0.4, 0.5) is 0 Å². The number of hydrogen-bond donors (Lipinski definition) is 1. The molecule has 1 aromatic heterocycles. The molecule has 0 aliphatic rings. The van der Waals surface area contributed by atoms with Crippen LogP contribution >= 0.6 is 15.9 Å². The zero-order valence-corrected chi connectivity index (χ0v) is 13.3. The van der Waals surface area contributed by atoms with Gasteiger partial charge in [0, 0.05) is 26.2 Å². The molecule has 21 heavy (non-hydrogen) atoms. The van der Waals surface area contributed by atoms with Crippen molar-refractivity contribution in [1.82, 2.24) is 10.2 Å². The maximum absolute atomic E-state index is 12.2. The molecule has 1 aromatic carbocycles. The minimum atomic E-state index is -0.133. The molecule has 2 rings (SSSR count). The number of amides is 2. The van der Waals surface area contributed by atoms with Crippen molar-refractivity contribution in [1.29, 1.82) is 0 Å². The Bertz CT molecular complexity index is 649. The molecule has 2 aromatic rings. The normalized spacial score (nSPS) is 10.2. The smallest absolute Gasteiger partial charge is 0.258 e. The largest absolute Gasteiger partial charge is 0.457 e. The maximum Gasteiger partial charge on any atom is 0.258 e. The fourth-order valence-electron chi connectivity index (χ4n) is 1.90. The van der Waals surface area contributed by atoms with Crippen molar-refractivity contribution in [2.45, 2.75) is 6.54 Å². The van der Waals surface area contributed by atoms with Crippen molar-refractivity contribution >= 4 is 27.7 Å². The van der Waals surface area contributed by atoms with E-state index in [1.807, 2.05) is 12.1 Å². The van der Waals surface area contributed by atoms with Crippen LogP contribution in [0.15, 0.2) is 45.7 Å². The molecule has 0 unspecified atom stereocenters. The summed E-state index contributed by atoms with van der Waals surface area (Å²) in [5.41, 5.74) is 2.02. The Morgan fingerprint density at radius 2 is 1.90 bits per heavy atom. The SMILES string of the molecule is CNC(=O)c1ccc(CN(C)C(=O)c2ccoc2Br)cc1. The van der Waals surface area contributed by atoms with E-state index in [0.29, 0.717) is 22.3 Å². The van der Waals surface area contributed by atoms with Crippen molar-refractivity contribution < 1.29 is 14.0 Å². The number of benzene rings is 1. The molecule has 5 nitrogen and oxygen atoms in total. The van der Waals surface area contributed by atoms with Crippen LogP contribution < -0.4 is 5.32 Å². The zero-order valence-electron chi connectivity index (χ0n) is 11.7. The van der Waals surface area contributed by atoms with Crippen LogP contribution in [0.3, 0.4) is 0 Å². The third kappa shape index (κ3) is 3.52. The van der Waals surface area contributed by atoms with Gasteiger partial charge in [0.1, 0.15) is 0 Å². The van der Waals surface area contributed by atoms with Gasteiger partial charge in [0.05, 0.1) is 11.8 Å². The van der Waals surface area contributed by atoms with E-state index in [-0.39, 0.29) is 11.8 Å². The van der Waals surface area contributed by atoms with E-state index in [1.54, 1.807) is 37.2 Å². The maximum atomic E-state index is 12.2. The monoisotopic (exact) mass is 350 g/mol. The van der Waals surface area contributed by atoms with Crippen LogP contribution in [-0.2, 0) is 6.54 Å². The first-order valence-electron chi connectivity index (χ1n) is 6.32. The Morgan fingerprint density at radius 1 is 1.24 bits per heavy atom. The van der Waals surface area contributed by atoms with E-state index in [9.17, 15) is 9.59 Å². The predicted molar refractivity (Wildman–Crippen MR) is 82.0 cm³/mol. The Morgan fingerprint density at radius 3 is 2.43 bits per heavy atom. The summed E-state index contributed by atoms with van der Waals surface area (Å²) < 4.78 is 5.49. The summed E-state index contributed by atoms with van der Waals surface area (Å²) in [7, 11) is 3.31. The van der Waals surface area contributed by atoms with Crippen LogP contribution in [0.2, 0.25) is 0 Å². The number of carbonyl (C=O) groups excluding carboxylic acids is 2. The predicted octanol–water partition coefficient (Wildman–Crippen LogP) is 2.67. The number of nitrogens with zero attached hydrogens (tertiary/aromatic N) is 1. The number of furan rings is 1. The molecular weight excluding hydrogens is 336 g/mol. The summed E-state index contributed by atoms with van der Waals surface area (Å²) in [5, 5.41) is 2.57. The summed E-state index contributed by atoms with van der Waals surface area (Å²) in [6.45, 7) is 0.449. The van der Waals surface area contributed by atoms with Gasteiger partial charge in [-0.1, -0.05) is 12.1 Å². The highest BCUT2D eigenvalue weighted by Gasteiger charge is 2.17. The summed E-state index contributed by atoms with van der Waals surface area (Å²) >= 11 is 3.20. The van der Waals surface area contributed by atoms with Crippen molar-refractivity contribution in [3.8, 4) is 0 Å². The van der Waals surface area contributed by atoms with Crippen LogP contribution in [0.25, 0.3) is 0 Å². The quantitative estimate of drug-likeness (QED) is 0.921. The van der Waals surface area contributed by atoms with Crippen molar-refractivity contribution in [2.24, 2.45) is 0 Å². The van der Waals surface area contributed by atoms with Crippen LogP contribution in [0.1, 0.15) is 26.3 Å². The minimum Gasteiger partial charge on any atom is -0.457 e. The molecule has 2 amide bonds. The van der Waals surface area contributed by atoms with Crippen molar-refractivity contribution in [3.63, 3.8) is 0 Å². The van der Waals surface area contributed by atoms with Gasteiger partial charge in [0.15, 0.2) is 4.67 Å². The van der Waals surface area contributed by atoms with Crippen molar-refractivity contribution in [2.75, 3.05) is 14.1 Å². The van der Waals surface area contributed by atoms with Gasteiger partial charge in [-0.3, -0.25) is 9.59 Å². The molecule has 0 aliphatic carbocycles. The first-order chi connectivity index (χ1) is 10.0. The molecule has 1 N–H and O–H groups in total. The molecular formula is C15H15BrN2O3. The average molecular weight is 351 g/mol. The molecule has 0 aliphatic heterocycles. The lowest BCUT2D eigenvalue weighted by atomic mass is 10.1. The second kappa shape index (κ2) is 6.58. The molecule has 110 valence electrons. The van der Waals surface area contributed by atoms with Gasteiger partial charge in [-0.05, 0) is 39.7 Å². The second-order valence-corrected chi connectivity index (χ2v) is 5.27. The van der Waals surface area contributed by atoms with Crippen LogP contribution in [-0.4, -0.2) is 30.8 Å². The molecule has 0 atom stereocenters. The minimum absolute atomic E-state index is 0.131. The third-order valence-electron chi connectivity index (χ3n) is 3.06. The summed E-state index contributed by atoms with van der Waals surface area (Å²) in [6.07, 6.45) is 1.46. The van der Waals surface area contributed by atoms with Crippen LogP contribution in [0.5, 0.6) is 0 Å². The van der Waals surface area contributed by atoms with Crippen molar-refractivity contribution in [3.05, 3.63) is 58.0 Å². The number of carbonyl (C=O) groups is 2. The molecule has 0 fully saturated rings. The Labute approximate surface area is 131 Å². The Hall–Kier alpha value is -2.08. The lowest BCUT2D eigenvalue weighted by Gasteiger charge is -2.16. The van der Waals surface area contributed by atoms with E-state index < -0.39 is 0 Å². The summed E-state index contributed by atoms with van der Waals surface area (Å²) in [5.74, 6) is -0.265. The fourth-order valence-corrected chi connectivity index (χ4v) is 2.31. The molecule has 0 bridgehead atoms. The van der Waals surface area contributed by atoms with E-state index in [1.165, 1.54) is 6.26 Å². The zero-order chi connectivity index (χ0) is 15.4. The Balaban J connectivity index is 2.06. The van der Waals surface area contributed by atoms with Gasteiger partial charge in [-0.2, -0.15) is 0 Å². The Kier molecular flexibility index (Phi) is 4.80. The molecule has 0 spiro atoms. The fraction of sp³-hybridized carbons (Fsp3) is 0.200. The van der Waals surface area contributed by atoms with Crippen LogP contribution in [0, 0.1) is 0 Å². The van der Waals surface area contributed by atoms with Gasteiger partial charge in [0.2, 0.25) is 0 Å². The molecule has 0 radical (unpaired) electrons. The van der Waals surface area contributed by atoms with Gasteiger partial charge in [-0.15, -0.1) is 0 Å². The van der Waals surface area contributed by atoms with E-state index in [4.69, 9.17) is 4.42 Å². The number of nitrogens with one attached hydrogen (secondary N) is 1. The number of rotatable bonds is 4.